The summed E-state index contributed by atoms with van der Waals surface area (Å²) in [7, 11) is -2.97. The molecule has 1 fully saturated rings. The summed E-state index contributed by atoms with van der Waals surface area (Å²) in [5.41, 5.74) is 1.52. The Labute approximate surface area is 135 Å². The molecule has 126 valence electrons. The molecule has 1 aliphatic rings. The normalized spacial score (nSPS) is 19.0. The second-order valence-electron chi connectivity index (χ2n) is 6.06. The lowest BCUT2D eigenvalue weighted by Gasteiger charge is -2.21. The van der Waals surface area contributed by atoms with Crippen LogP contribution in [-0.4, -0.2) is 36.9 Å². The molecule has 0 aromatic heterocycles. The Morgan fingerprint density at radius 3 is 2.30 bits per heavy atom. The molecule has 0 aliphatic carbocycles. The quantitative estimate of drug-likeness (QED) is 0.850. The van der Waals surface area contributed by atoms with E-state index >= 15 is 0 Å². The van der Waals surface area contributed by atoms with Gasteiger partial charge >= 0.3 is 5.97 Å². The van der Waals surface area contributed by atoms with E-state index in [4.69, 9.17) is 5.11 Å². The molecule has 1 atom stereocenters. The molecule has 1 saturated heterocycles. The molecule has 0 saturated carbocycles. The fourth-order valence-corrected chi connectivity index (χ4v) is 4.05. The second-order valence-corrected chi connectivity index (χ2v) is 8.36. The number of hydrogen-bond donors (Lipinski definition) is 2. The van der Waals surface area contributed by atoms with Crippen LogP contribution in [0.2, 0.25) is 0 Å². The summed E-state index contributed by atoms with van der Waals surface area (Å²) in [4.78, 5) is 23.0. The van der Waals surface area contributed by atoms with E-state index in [1.807, 2.05) is 0 Å². The van der Waals surface area contributed by atoms with Crippen molar-refractivity contribution < 1.29 is 23.1 Å². The number of sulfone groups is 1. The molecular weight excluding hydrogens is 318 g/mol. The van der Waals surface area contributed by atoms with Crippen LogP contribution in [0.25, 0.3) is 0 Å². The minimum atomic E-state index is -2.97. The van der Waals surface area contributed by atoms with Gasteiger partial charge in [0.25, 0.3) is 0 Å². The van der Waals surface area contributed by atoms with Gasteiger partial charge in [-0.2, -0.15) is 0 Å². The molecule has 1 aromatic rings. The maximum atomic E-state index is 12.1. The molecule has 1 amide bonds. The summed E-state index contributed by atoms with van der Waals surface area (Å²) in [5, 5.41) is 11.7. The smallest absolute Gasteiger partial charge is 0.306 e. The van der Waals surface area contributed by atoms with Gasteiger partial charge in [-0.1, -0.05) is 19.1 Å². The van der Waals surface area contributed by atoms with E-state index < -0.39 is 21.7 Å². The predicted octanol–water partition coefficient (Wildman–Crippen LogP) is 1.71. The van der Waals surface area contributed by atoms with E-state index in [1.54, 1.807) is 31.2 Å². The molecule has 1 aromatic carbocycles. The van der Waals surface area contributed by atoms with Gasteiger partial charge in [-0.3, -0.25) is 9.59 Å². The standard InChI is InChI=1S/C16H21NO5S/c1-11(16(19)20)10-12-2-4-14(5-3-12)17-15(18)13-6-8-23(21,22)9-7-13/h2-5,11,13H,6-10H2,1H3,(H,17,18)(H,19,20). The van der Waals surface area contributed by atoms with Crippen LogP contribution in [0, 0.1) is 11.8 Å². The average molecular weight is 339 g/mol. The highest BCUT2D eigenvalue weighted by atomic mass is 32.2. The Morgan fingerprint density at radius 1 is 1.22 bits per heavy atom. The Bertz CT molecular complexity index is 667. The van der Waals surface area contributed by atoms with Crippen LogP contribution in [-0.2, 0) is 25.8 Å². The maximum Gasteiger partial charge on any atom is 0.306 e. The van der Waals surface area contributed by atoms with Crippen molar-refractivity contribution in [2.45, 2.75) is 26.2 Å². The van der Waals surface area contributed by atoms with Gasteiger partial charge in [0.05, 0.1) is 17.4 Å². The van der Waals surface area contributed by atoms with Gasteiger partial charge in [0.15, 0.2) is 0 Å². The lowest BCUT2D eigenvalue weighted by Crippen LogP contribution is -2.31. The molecule has 7 heteroatoms. The fourth-order valence-electron chi connectivity index (χ4n) is 2.56. The third-order valence-electron chi connectivity index (χ3n) is 4.11. The van der Waals surface area contributed by atoms with Crippen LogP contribution in [0.4, 0.5) is 5.69 Å². The molecule has 0 bridgehead atoms. The summed E-state index contributed by atoms with van der Waals surface area (Å²) < 4.78 is 22.8. The third-order valence-corrected chi connectivity index (χ3v) is 5.83. The van der Waals surface area contributed by atoms with Crippen LogP contribution in [0.5, 0.6) is 0 Å². The van der Waals surface area contributed by atoms with E-state index in [0.29, 0.717) is 24.9 Å². The summed E-state index contributed by atoms with van der Waals surface area (Å²) >= 11 is 0. The molecule has 0 spiro atoms. The van der Waals surface area contributed by atoms with E-state index in [0.717, 1.165) is 5.56 Å². The molecular formula is C16H21NO5S. The first-order valence-corrected chi connectivity index (χ1v) is 9.42. The number of anilines is 1. The Morgan fingerprint density at radius 2 is 1.78 bits per heavy atom. The van der Waals surface area contributed by atoms with Crippen LogP contribution >= 0.6 is 0 Å². The molecule has 2 rings (SSSR count). The molecule has 6 nitrogen and oxygen atoms in total. The number of nitrogens with one attached hydrogen (secondary N) is 1. The highest BCUT2D eigenvalue weighted by Crippen LogP contribution is 2.21. The van der Waals surface area contributed by atoms with Gasteiger partial charge in [-0.15, -0.1) is 0 Å². The van der Waals surface area contributed by atoms with Crippen LogP contribution in [0.3, 0.4) is 0 Å². The first kappa shape index (κ1) is 17.5. The number of carbonyl (C=O) groups excluding carboxylic acids is 1. The zero-order chi connectivity index (χ0) is 17.0. The van der Waals surface area contributed by atoms with E-state index in [1.165, 1.54) is 0 Å². The number of carboxylic acids is 1. The van der Waals surface area contributed by atoms with Gasteiger partial charge in [0, 0.05) is 11.6 Å². The van der Waals surface area contributed by atoms with Gasteiger partial charge in [0.2, 0.25) is 5.91 Å². The van der Waals surface area contributed by atoms with Crippen molar-refractivity contribution in [2.75, 3.05) is 16.8 Å². The van der Waals surface area contributed by atoms with Crippen molar-refractivity contribution in [1.29, 1.82) is 0 Å². The first-order chi connectivity index (χ1) is 10.8. The van der Waals surface area contributed by atoms with Crippen molar-refractivity contribution in [3.63, 3.8) is 0 Å². The lowest BCUT2D eigenvalue weighted by molar-refractivity contribution is -0.141. The van der Waals surface area contributed by atoms with Gasteiger partial charge in [0.1, 0.15) is 9.84 Å². The van der Waals surface area contributed by atoms with Crippen LogP contribution in [0.1, 0.15) is 25.3 Å². The van der Waals surface area contributed by atoms with Crippen molar-refractivity contribution >= 4 is 27.4 Å². The van der Waals surface area contributed by atoms with E-state index in [-0.39, 0.29) is 23.3 Å². The minimum Gasteiger partial charge on any atom is -0.481 e. The monoisotopic (exact) mass is 339 g/mol. The number of rotatable bonds is 5. The van der Waals surface area contributed by atoms with E-state index in [2.05, 4.69) is 5.32 Å². The minimum absolute atomic E-state index is 0.0666. The Kier molecular flexibility index (Phi) is 5.41. The number of carboxylic acid groups (broad SMARTS) is 1. The van der Waals surface area contributed by atoms with Crippen LogP contribution < -0.4 is 5.32 Å². The average Bonchev–Trinajstić information content (AvgIpc) is 2.49. The molecule has 2 N–H and O–H groups in total. The summed E-state index contributed by atoms with van der Waals surface area (Å²) in [6, 6.07) is 7.06. The maximum absolute atomic E-state index is 12.1. The summed E-state index contributed by atoms with van der Waals surface area (Å²) in [5.74, 6) is -1.60. The van der Waals surface area contributed by atoms with Crippen molar-refractivity contribution in [1.82, 2.24) is 0 Å². The number of amides is 1. The third kappa shape index (κ3) is 5.06. The summed E-state index contributed by atoms with van der Waals surface area (Å²) in [6.45, 7) is 1.65. The zero-order valence-corrected chi connectivity index (χ0v) is 13.8. The van der Waals surface area contributed by atoms with Crippen LogP contribution in [0.15, 0.2) is 24.3 Å². The number of hydrogen-bond acceptors (Lipinski definition) is 4. The van der Waals surface area contributed by atoms with Crippen molar-refractivity contribution in [3.05, 3.63) is 29.8 Å². The SMILES string of the molecule is CC(Cc1ccc(NC(=O)C2CCS(=O)(=O)CC2)cc1)C(=O)O. The van der Waals surface area contributed by atoms with Crippen molar-refractivity contribution in [2.24, 2.45) is 11.8 Å². The Balaban J connectivity index is 1.90. The highest BCUT2D eigenvalue weighted by Gasteiger charge is 2.28. The van der Waals surface area contributed by atoms with Gasteiger partial charge < -0.3 is 10.4 Å². The second kappa shape index (κ2) is 7.12. The first-order valence-electron chi connectivity index (χ1n) is 7.60. The Hall–Kier alpha value is -1.89. The fraction of sp³-hybridized carbons (Fsp3) is 0.500. The lowest BCUT2D eigenvalue weighted by atomic mass is 10.0. The predicted molar refractivity (Wildman–Crippen MR) is 87.0 cm³/mol. The molecule has 23 heavy (non-hydrogen) atoms. The van der Waals surface area contributed by atoms with Crippen molar-refractivity contribution in [3.8, 4) is 0 Å². The topological polar surface area (TPSA) is 101 Å². The van der Waals surface area contributed by atoms with Gasteiger partial charge in [-0.25, -0.2) is 8.42 Å². The zero-order valence-electron chi connectivity index (χ0n) is 13.0. The van der Waals surface area contributed by atoms with Gasteiger partial charge in [-0.05, 0) is 37.0 Å². The summed E-state index contributed by atoms with van der Waals surface area (Å²) in [6.07, 6.45) is 1.16. The molecule has 1 heterocycles. The number of aliphatic carboxylic acids is 1. The molecule has 1 aliphatic heterocycles. The highest BCUT2D eigenvalue weighted by molar-refractivity contribution is 7.91. The number of carbonyl (C=O) groups is 2. The number of benzene rings is 1. The van der Waals surface area contributed by atoms with E-state index in [9.17, 15) is 18.0 Å². The molecule has 0 radical (unpaired) electrons. The molecule has 1 unspecified atom stereocenters. The largest absolute Gasteiger partial charge is 0.481 e.